The molecule has 0 bridgehead atoms. The molecule has 1 saturated heterocycles. The molecule has 0 aliphatic carbocycles. The number of aromatic amines is 1. The van der Waals surface area contributed by atoms with Crippen molar-refractivity contribution < 1.29 is 13.9 Å². The fourth-order valence-corrected chi connectivity index (χ4v) is 2.11. The number of ether oxygens (including phenoxy) is 1. The fourth-order valence-electron chi connectivity index (χ4n) is 2.11. The number of hydrogen-bond donors (Lipinski definition) is 1. The lowest BCUT2D eigenvalue weighted by atomic mass is 10.2. The van der Waals surface area contributed by atoms with E-state index in [1.54, 1.807) is 4.90 Å². The number of benzene rings is 1. The largest absolute Gasteiger partial charge is 0.443 e. The molecule has 0 saturated carbocycles. The van der Waals surface area contributed by atoms with Crippen molar-refractivity contribution in [1.82, 2.24) is 10.2 Å². The van der Waals surface area contributed by atoms with Gasteiger partial charge in [0.15, 0.2) is 0 Å². The third-order valence-corrected chi connectivity index (χ3v) is 3.10. The van der Waals surface area contributed by atoms with Gasteiger partial charge in [-0.2, -0.15) is 0 Å². The summed E-state index contributed by atoms with van der Waals surface area (Å²) >= 11 is 0. The second kappa shape index (κ2) is 4.84. The van der Waals surface area contributed by atoms with E-state index >= 15 is 0 Å². The highest BCUT2D eigenvalue weighted by atomic mass is 16.6. The molecule has 1 aromatic heterocycles. The van der Waals surface area contributed by atoms with Crippen molar-refractivity contribution in [3.63, 3.8) is 0 Å². The number of rotatable bonds is 3. The van der Waals surface area contributed by atoms with Gasteiger partial charge in [-0.25, -0.2) is 14.7 Å². The molecule has 1 aliphatic rings. The molecule has 1 aliphatic heterocycles. The molecule has 7 nitrogen and oxygen atoms in total. The van der Waals surface area contributed by atoms with Crippen LogP contribution in [0.5, 0.6) is 0 Å². The molecule has 2 aromatic rings. The predicted octanol–water partition coefficient (Wildman–Crippen LogP) is 1.24. The maximum absolute atomic E-state index is 11.8. The van der Waals surface area contributed by atoms with Gasteiger partial charge in [0.25, 0.3) is 0 Å². The topological polar surface area (TPSA) is 88.4 Å². The smallest absolute Gasteiger partial charge is 0.434 e. The minimum absolute atomic E-state index is 0.235. The molecule has 0 radical (unpaired) electrons. The van der Waals surface area contributed by atoms with Crippen molar-refractivity contribution >= 4 is 11.8 Å². The number of carbonyl (C=O) groups is 1. The third-order valence-electron chi connectivity index (χ3n) is 3.10. The number of hydrogen-bond acceptors (Lipinski definition) is 5. The Morgan fingerprint density at radius 3 is 2.75 bits per heavy atom. The van der Waals surface area contributed by atoms with Crippen LogP contribution in [0, 0.1) is 6.92 Å². The van der Waals surface area contributed by atoms with E-state index in [9.17, 15) is 9.59 Å². The Labute approximate surface area is 114 Å². The van der Waals surface area contributed by atoms with E-state index < -0.39 is 11.8 Å². The van der Waals surface area contributed by atoms with Crippen LogP contribution in [0.1, 0.15) is 11.5 Å². The number of carbonyl (C=O) groups excluding carboxylic acids is 1. The van der Waals surface area contributed by atoms with Crippen LogP contribution in [0.3, 0.4) is 0 Å². The summed E-state index contributed by atoms with van der Waals surface area (Å²) in [5.74, 6) is -0.377. The summed E-state index contributed by atoms with van der Waals surface area (Å²) in [5, 5.41) is 5.88. The minimum Gasteiger partial charge on any atom is -0.443 e. The SMILES string of the molecule is Cc1ccc(N2CC(Cc3n[nH]c(=O)o3)OC2=O)cc1. The zero-order valence-electron chi connectivity index (χ0n) is 10.8. The van der Waals surface area contributed by atoms with E-state index in [2.05, 4.69) is 10.2 Å². The average molecular weight is 275 g/mol. The third kappa shape index (κ3) is 2.42. The van der Waals surface area contributed by atoms with Gasteiger partial charge >= 0.3 is 11.8 Å². The molecule has 1 atom stereocenters. The van der Waals surface area contributed by atoms with E-state index in [1.165, 1.54) is 0 Å². The number of nitrogens with one attached hydrogen (secondary N) is 1. The summed E-state index contributed by atoms with van der Waals surface area (Å²) in [4.78, 5) is 24.2. The summed E-state index contributed by atoms with van der Waals surface area (Å²) < 4.78 is 10.0. The van der Waals surface area contributed by atoms with E-state index in [1.807, 2.05) is 31.2 Å². The molecule has 1 amide bonds. The summed E-state index contributed by atoms with van der Waals surface area (Å²) in [6, 6.07) is 7.60. The summed E-state index contributed by atoms with van der Waals surface area (Å²) in [7, 11) is 0. The first-order chi connectivity index (χ1) is 9.61. The first kappa shape index (κ1) is 12.5. The highest BCUT2D eigenvalue weighted by molar-refractivity contribution is 5.89. The van der Waals surface area contributed by atoms with Gasteiger partial charge in [0.1, 0.15) is 6.10 Å². The van der Waals surface area contributed by atoms with Crippen LogP contribution < -0.4 is 10.7 Å². The van der Waals surface area contributed by atoms with Crippen LogP contribution in [0.2, 0.25) is 0 Å². The predicted molar refractivity (Wildman–Crippen MR) is 69.6 cm³/mol. The van der Waals surface area contributed by atoms with Crippen LogP contribution in [-0.2, 0) is 11.2 Å². The Hall–Kier alpha value is -2.57. The van der Waals surface area contributed by atoms with E-state index in [-0.39, 0.29) is 18.4 Å². The Morgan fingerprint density at radius 2 is 2.10 bits per heavy atom. The first-order valence-corrected chi connectivity index (χ1v) is 6.21. The lowest BCUT2D eigenvalue weighted by Crippen LogP contribution is -2.24. The zero-order valence-corrected chi connectivity index (χ0v) is 10.8. The number of anilines is 1. The summed E-state index contributed by atoms with van der Waals surface area (Å²) in [6.07, 6.45) is -0.515. The number of nitrogens with zero attached hydrogens (tertiary/aromatic N) is 2. The van der Waals surface area contributed by atoms with Crippen molar-refractivity contribution in [2.45, 2.75) is 19.4 Å². The van der Waals surface area contributed by atoms with Gasteiger partial charge in [-0.15, -0.1) is 5.10 Å². The monoisotopic (exact) mass is 275 g/mol. The standard InChI is InChI=1S/C13H13N3O4/c1-8-2-4-9(5-3-8)16-7-10(19-13(16)18)6-11-14-15-12(17)20-11/h2-5,10H,6-7H2,1H3,(H,15,17). The van der Waals surface area contributed by atoms with Crippen molar-refractivity contribution in [3.05, 3.63) is 46.3 Å². The Balaban J connectivity index is 1.72. The number of aryl methyl sites for hydroxylation is 1. The molecular weight excluding hydrogens is 262 g/mol. The highest BCUT2D eigenvalue weighted by Gasteiger charge is 2.33. The number of aromatic nitrogens is 2. The fraction of sp³-hybridized carbons (Fsp3) is 0.308. The van der Waals surface area contributed by atoms with E-state index in [0.717, 1.165) is 11.3 Å². The maximum Gasteiger partial charge on any atom is 0.434 e. The second-order valence-electron chi connectivity index (χ2n) is 4.66. The van der Waals surface area contributed by atoms with Gasteiger partial charge in [0.05, 0.1) is 13.0 Å². The van der Waals surface area contributed by atoms with Crippen molar-refractivity contribution in [2.24, 2.45) is 0 Å². The maximum atomic E-state index is 11.8. The quantitative estimate of drug-likeness (QED) is 0.910. The van der Waals surface area contributed by atoms with Gasteiger partial charge < -0.3 is 9.15 Å². The van der Waals surface area contributed by atoms with Crippen LogP contribution in [0.4, 0.5) is 10.5 Å². The van der Waals surface area contributed by atoms with Gasteiger partial charge in [-0.1, -0.05) is 17.7 Å². The molecule has 7 heteroatoms. The number of cyclic esters (lactones) is 1. The zero-order chi connectivity index (χ0) is 14.1. The van der Waals surface area contributed by atoms with Crippen LogP contribution in [-0.4, -0.2) is 28.9 Å². The molecule has 1 unspecified atom stereocenters. The van der Waals surface area contributed by atoms with Crippen LogP contribution in [0.25, 0.3) is 0 Å². The van der Waals surface area contributed by atoms with Gasteiger partial charge in [0.2, 0.25) is 5.89 Å². The normalized spacial score (nSPS) is 18.4. The van der Waals surface area contributed by atoms with Crippen molar-refractivity contribution in [3.8, 4) is 0 Å². The average Bonchev–Trinajstić information content (AvgIpc) is 2.97. The second-order valence-corrected chi connectivity index (χ2v) is 4.66. The van der Waals surface area contributed by atoms with Crippen LogP contribution in [0.15, 0.2) is 33.5 Å². The lowest BCUT2D eigenvalue weighted by Gasteiger charge is -2.12. The van der Waals surface area contributed by atoms with Crippen molar-refractivity contribution in [1.29, 1.82) is 0 Å². The summed E-state index contributed by atoms with van der Waals surface area (Å²) in [6.45, 7) is 2.38. The van der Waals surface area contributed by atoms with Gasteiger partial charge in [0, 0.05) is 5.69 Å². The van der Waals surface area contributed by atoms with Gasteiger partial charge in [-0.3, -0.25) is 4.90 Å². The lowest BCUT2D eigenvalue weighted by molar-refractivity contribution is 0.137. The Bertz CT molecular complexity index is 673. The van der Waals surface area contributed by atoms with E-state index in [4.69, 9.17) is 9.15 Å². The molecule has 1 fully saturated rings. The molecule has 1 N–H and O–H groups in total. The first-order valence-electron chi connectivity index (χ1n) is 6.21. The highest BCUT2D eigenvalue weighted by Crippen LogP contribution is 2.23. The molecular formula is C13H13N3O4. The molecule has 104 valence electrons. The molecule has 0 spiro atoms. The van der Waals surface area contributed by atoms with E-state index in [0.29, 0.717) is 6.54 Å². The summed E-state index contributed by atoms with van der Waals surface area (Å²) in [5.41, 5.74) is 1.91. The number of amides is 1. The molecule has 3 rings (SSSR count). The minimum atomic E-state index is -0.611. The van der Waals surface area contributed by atoms with Gasteiger partial charge in [-0.05, 0) is 19.1 Å². The molecule has 1 aromatic carbocycles. The van der Waals surface area contributed by atoms with Crippen LogP contribution >= 0.6 is 0 Å². The van der Waals surface area contributed by atoms with Crippen molar-refractivity contribution in [2.75, 3.05) is 11.4 Å². The molecule has 2 heterocycles. The Morgan fingerprint density at radius 1 is 1.35 bits per heavy atom. The number of H-pyrrole nitrogens is 1. The molecule has 20 heavy (non-hydrogen) atoms. The Kier molecular flexibility index (Phi) is 3.02.